The van der Waals surface area contributed by atoms with Crippen LogP contribution in [0.4, 0.5) is 5.69 Å². The molecule has 1 unspecified atom stereocenters. The van der Waals surface area contributed by atoms with Gasteiger partial charge in [-0.05, 0) is 61.1 Å². The van der Waals surface area contributed by atoms with Crippen molar-refractivity contribution in [2.45, 2.75) is 44.8 Å². The monoisotopic (exact) mass is 482 g/mol. The number of hydrogen-bond donors (Lipinski definition) is 1. The molecule has 3 rings (SSSR count). The fourth-order valence-electron chi connectivity index (χ4n) is 3.72. The maximum atomic E-state index is 12.9. The number of carbonyl (C=O) groups excluding carboxylic acids is 1. The van der Waals surface area contributed by atoms with Crippen molar-refractivity contribution >= 4 is 44.8 Å². The highest BCUT2D eigenvalue weighted by Gasteiger charge is 2.32. The van der Waals surface area contributed by atoms with E-state index in [9.17, 15) is 13.2 Å². The largest absolute Gasteiger partial charge is 0.326 e. The molecule has 1 amide bonds. The molecule has 1 aliphatic rings. The summed E-state index contributed by atoms with van der Waals surface area (Å²) in [5, 5.41) is 3.65. The first kappa shape index (κ1) is 24.1. The summed E-state index contributed by atoms with van der Waals surface area (Å²) >= 11 is 11.9. The second kappa shape index (κ2) is 10.8. The molecule has 8 heteroatoms. The fraction of sp³-hybridized carbons (Fsp3) is 0.435. The predicted octanol–water partition coefficient (Wildman–Crippen LogP) is 5.52. The van der Waals surface area contributed by atoms with Gasteiger partial charge in [-0.3, -0.25) is 4.79 Å². The number of halogens is 2. The van der Waals surface area contributed by atoms with Gasteiger partial charge in [-0.15, -0.1) is 0 Å². The first-order valence-corrected chi connectivity index (χ1v) is 13.0. The molecule has 0 aliphatic carbocycles. The highest BCUT2D eigenvalue weighted by molar-refractivity contribution is 7.88. The van der Waals surface area contributed by atoms with E-state index in [1.807, 2.05) is 24.3 Å². The lowest BCUT2D eigenvalue weighted by atomic mass is 9.98. The van der Waals surface area contributed by atoms with Gasteiger partial charge in [0.2, 0.25) is 15.9 Å². The zero-order valence-corrected chi connectivity index (χ0v) is 19.9. The van der Waals surface area contributed by atoms with Crippen molar-refractivity contribution in [2.24, 2.45) is 5.92 Å². The number of amides is 1. The molecular formula is C23H28Cl2N2O3S. The van der Waals surface area contributed by atoms with E-state index < -0.39 is 10.0 Å². The Kier molecular flexibility index (Phi) is 8.39. The summed E-state index contributed by atoms with van der Waals surface area (Å²) in [6.45, 7) is 2.76. The molecule has 0 bridgehead atoms. The van der Waals surface area contributed by atoms with Crippen LogP contribution in [0.3, 0.4) is 0 Å². The molecule has 1 aliphatic heterocycles. The van der Waals surface area contributed by atoms with Crippen LogP contribution in [0.15, 0.2) is 42.5 Å². The highest BCUT2D eigenvalue weighted by Crippen LogP contribution is 2.26. The number of nitrogens with one attached hydrogen (secondary N) is 1. The zero-order valence-electron chi connectivity index (χ0n) is 17.6. The molecule has 1 N–H and O–H groups in total. The van der Waals surface area contributed by atoms with Crippen molar-refractivity contribution in [3.8, 4) is 0 Å². The number of anilines is 1. The molecule has 2 aromatic carbocycles. The predicted molar refractivity (Wildman–Crippen MR) is 127 cm³/mol. The SMILES string of the molecule is CCCCc1ccc(NC(=O)C2CCCN(S(=O)(=O)Cc3ccc(Cl)c(Cl)c3)C2)cc1. The van der Waals surface area contributed by atoms with Crippen LogP contribution in [-0.4, -0.2) is 31.7 Å². The Morgan fingerprint density at radius 3 is 2.48 bits per heavy atom. The fourth-order valence-corrected chi connectivity index (χ4v) is 5.64. The molecule has 1 atom stereocenters. The number of aryl methyl sites for hydroxylation is 1. The van der Waals surface area contributed by atoms with Crippen molar-refractivity contribution in [3.63, 3.8) is 0 Å². The van der Waals surface area contributed by atoms with Crippen LogP contribution in [0.2, 0.25) is 10.0 Å². The molecule has 5 nitrogen and oxygen atoms in total. The van der Waals surface area contributed by atoms with Gasteiger partial charge >= 0.3 is 0 Å². The van der Waals surface area contributed by atoms with E-state index in [2.05, 4.69) is 12.2 Å². The Morgan fingerprint density at radius 1 is 1.10 bits per heavy atom. The Labute approximate surface area is 194 Å². The smallest absolute Gasteiger partial charge is 0.228 e. The van der Waals surface area contributed by atoms with Gasteiger partial charge in [-0.1, -0.05) is 54.7 Å². The Hall–Kier alpha value is -1.60. The molecule has 31 heavy (non-hydrogen) atoms. The minimum absolute atomic E-state index is 0.143. The van der Waals surface area contributed by atoms with Gasteiger partial charge < -0.3 is 5.32 Å². The number of unbranched alkanes of at least 4 members (excludes halogenated alkanes) is 1. The van der Waals surface area contributed by atoms with Crippen LogP contribution in [0.1, 0.15) is 43.7 Å². The van der Waals surface area contributed by atoms with E-state index in [1.165, 1.54) is 9.87 Å². The normalized spacial score (nSPS) is 17.5. The van der Waals surface area contributed by atoms with E-state index in [-0.39, 0.29) is 24.1 Å². The van der Waals surface area contributed by atoms with Gasteiger partial charge in [0, 0.05) is 18.8 Å². The molecule has 0 spiro atoms. The van der Waals surface area contributed by atoms with Crippen LogP contribution in [-0.2, 0) is 27.0 Å². The van der Waals surface area contributed by atoms with Crippen LogP contribution < -0.4 is 5.32 Å². The van der Waals surface area contributed by atoms with E-state index in [0.29, 0.717) is 35.0 Å². The summed E-state index contributed by atoms with van der Waals surface area (Å²) < 4.78 is 27.3. The third kappa shape index (κ3) is 6.69. The first-order valence-electron chi connectivity index (χ1n) is 10.6. The summed E-state index contributed by atoms with van der Waals surface area (Å²) in [6.07, 6.45) is 4.62. The molecule has 0 saturated carbocycles. The number of carbonyl (C=O) groups is 1. The lowest BCUT2D eigenvalue weighted by molar-refractivity contribution is -0.120. The number of piperidine rings is 1. The quantitative estimate of drug-likeness (QED) is 0.538. The third-order valence-corrected chi connectivity index (χ3v) is 8.08. The Bertz CT molecular complexity index is 1010. The maximum Gasteiger partial charge on any atom is 0.228 e. The van der Waals surface area contributed by atoms with E-state index in [1.54, 1.807) is 18.2 Å². The average Bonchev–Trinajstić information content (AvgIpc) is 2.76. The molecule has 1 heterocycles. The molecule has 2 aromatic rings. The van der Waals surface area contributed by atoms with Crippen LogP contribution in [0.5, 0.6) is 0 Å². The molecule has 168 valence electrons. The standard InChI is InChI=1S/C23H28Cl2N2O3S/c1-2-3-5-17-7-10-20(11-8-17)26-23(28)19-6-4-13-27(15-19)31(29,30)16-18-9-12-21(24)22(25)14-18/h7-12,14,19H,2-6,13,15-16H2,1H3,(H,26,28). The summed E-state index contributed by atoms with van der Waals surface area (Å²) in [4.78, 5) is 12.8. The molecule has 1 fully saturated rings. The van der Waals surface area contributed by atoms with Gasteiger partial charge in [0.25, 0.3) is 0 Å². The summed E-state index contributed by atoms with van der Waals surface area (Å²) in [5.74, 6) is -0.690. The van der Waals surface area contributed by atoms with Crippen LogP contribution >= 0.6 is 23.2 Å². The highest BCUT2D eigenvalue weighted by atomic mass is 35.5. The number of benzene rings is 2. The van der Waals surface area contributed by atoms with Crippen molar-refractivity contribution in [2.75, 3.05) is 18.4 Å². The van der Waals surface area contributed by atoms with Crippen molar-refractivity contribution in [3.05, 3.63) is 63.6 Å². The van der Waals surface area contributed by atoms with Gasteiger partial charge in [-0.25, -0.2) is 12.7 Å². The minimum Gasteiger partial charge on any atom is -0.326 e. The second-order valence-corrected chi connectivity index (χ2v) is 10.8. The molecule has 1 saturated heterocycles. The van der Waals surface area contributed by atoms with E-state index in [4.69, 9.17) is 23.2 Å². The van der Waals surface area contributed by atoms with Gasteiger partial charge in [0.05, 0.1) is 21.7 Å². The van der Waals surface area contributed by atoms with E-state index >= 15 is 0 Å². The third-order valence-electron chi connectivity index (χ3n) is 5.52. The van der Waals surface area contributed by atoms with Crippen LogP contribution in [0, 0.1) is 5.92 Å². The van der Waals surface area contributed by atoms with Gasteiger partial charge in [0.1, 0.15) is 0 Å². The summed E-state index contributed by atoms with van der Waals surface area (Å²) in [6, 6.07) is 12.7. The molecule has 0 radical (unpaired) electrons. The lowest BCUT2D eigenvalue weighted by Gasteiger charge is -2.31. The van der Waals surface area contributed by atoms with Gasteiger partial charge in [-0.2, -0.15) is 0 Å². The first-order chi connectivity index (χ1) is 14.8. The average molecular weight is 483 g/mol. The number of nitrogens with zero attached hydrogens (tertiary/aromatic N) is 1. The maximum absolute atomic E-state index is 12.9. The number of hydrogen-bond acceptors (Lipinski definition) is 3. The Morgan fingerprint density at radius 2 is 1.81 bits per heavy atom. The topological polar surface area (TPSA) is 66.5 Å². The minimum atomic E-state index is -3.57. The summed E-state index contributed by atoms with van der Waals surface area (Å²) in [5.41, 5.74) is 2.56. The van der Waals surface area contributed by atoms with E-state index in [0.717, 1.165) is 24.9 Å². The van der Waals surface area contributed by atoms with Crippen molar-refractivity contribution < 1.29 is 13.2 Å². The number of sulfonamides is 1. The van der Waals surface area contributed by atoms with Crippen molar-refractivity contribution in [1.29, 1.82) is 0 Å². The molecular weight excluding hydrogens is 455 g/mol. The van der Waals surface area contributed by atoms with Gasteiger partial charge in [0.15, 0.2) is 0 Å². The second-order valence-electron chi connectivity index (χ2n) is 7.99. The Balaban J connectivity index is 1.61. The summed E-state index contributed by atoms with van der Waals surface area (Å²) in [7, 11) is -3.57. The van der Waals surface area contributed by atoms with Crippen LogP contribution in [0.25, 0.3) is 0 Å². The van der Waals surface area contributed by atoms with Crippen molar-refractivity contribution in [1.82, 2.24) is 4.31 Å². The molecule has 0 aromatic heterocycles. The number of rotatable bonds is 8. The zero-order chi connectivity index (χ0) is 22.4. The lowest BCUT2D eigenvalue weighted by Crippen LogP contribution is -2.44.